The second-order valence-electron chi connectivity index (χ2n) is 7.82. The standard InChI is InChI=1S/C22H24F3N3O4/c1-14-10-28(11-15(2)32-14)21(31)17-5-3-16(4-6-17)9-26-19(29)13-27-12-18(22(23,24)25)7-8-20(27)30/h3-8,12,14-15H,9-11,13H2,1-2H3,(H,26,29). The van der Waals surface area contributed by atoms with Crippen molar-refractivity contribution in [1.29, 1.82) is 0 Å². The molecule has 1 aliphatic rings. The molecule has 1 saturated heterocycles. The van der Waals surface area contributed by atoms with E-state index in [0.29, 0.717) is 41.0 Å². The fourth-order valence-electron chi connectivity index (χ4n) is 3.53. The third-order valence-electron chi connectivity index (χ3n) is 5.02. The molecule has 1 aromatic carbocycles. The largest absolute Gasteiger partial charge is 0.417 e. The van der Waals surface area contributed by atoms with Crippen molar-refractivity contribution in [3.63, 3.8) is 0 Å². The summed E-state index contributed by atoms with van der Waals surface area (Å²) < 4.78 is 44.8. The number of alkyl halides is 3. The predicted molar refractivity (Wildman–Crippen MR) is 110 cm³/mol. The van der Waals surface area contributed by atoms with Gasteiger partial charge >= 0.3 is 6.18 Å². The van der Waals surface area contributed by atoms with Gasteiger partial charge in [0.05, 0.1) is 17.8 Å². The number of aromatic nitrogens is 1. The molecule has 3 rings (SSSR count). The van der Waals surface area contributed by atoms with E-state index in [1.54, 1.807) is 29.2 Å². The van der Waals surface area contributed by atoms with Crippen LogP contribution in [-0.4, -0.2) is 46.6 Å². The summed E-state index contributed by atoms with van der Waals surface area (Å²) >= 11 is 0. The van der Waals surface area contributed by atoms with Gasteiger partial charge in [0, 0.05) is 37.5 Å². The van der Waals surface area contributed by atoms with E-state index in [9.17, 15) is 27.6 Å². The molecule has 0 radical (unpaired) electrons. The second kappa shape index (κ2) is 9.56. The van der Waals surface area contributed by atoms with Gasteiger partial charge in [-0.3, -0.25) is 14.4 Å². The van der Waals surface area contributed by atoms with Crippen LogP contribution in [0.1, 0.15) is 35.3 Å². The SMILES string of the molecule is CC1CN(C(=O)c2ccc(CNC(=O)Cn3cc(C(F)(F)F)ccc3=O)cc2)CC(C)O1. The normalized spacial score (nSPS) is 19.0. The van der Waals surface area contributed by atoms with Crippen LogP contribution in [0.5, 0.6) is 0 Å². The summed E-state index contributed by atoms with van der Waals surface area (Å²) in [6.07, 6.45) is -4.07. The third-order valence-corrected chi connectivity index (χ3v) is 5.02. The summed E-state index contributed by atoms with van der Waals surface area (Å²) in [4.78, 5) is 38.3. The molecule has 2 unspecified atom stereocenters. The Kier molecular flexibility index (Phi) is 7.02. The first-order valence-corrected chi connectivity index (χ1v) is 10.1. The molecular weight excluding hydrogens is 427 g/mol. The Morgan fingerprint density at radius 3 is 2.28 bits per heavy atom. The Hall–Kier alpha value is -3.14. The van der Waals surface area contributed by atoms with Gasteiger partial charge in [0.2, 0.25) is 5.91 Å². The maximum Gasteiger partial charge on any atom is 0.417 e. The molecule has 10 heteroatoms. The van der Waals surface area contributed by atoms with Gasteiger partial charge in [0.15, 0.2) is 0 Å². The van der Waals surface area contributed by atoms with E-state index in [0.717, 1.165) is 6.07 Å². The van der Waals surface area contributed by atoms with Crippen molar-refractivity contribution in [1.82, 2.24) is 14.8 Å². The average Bonchev–Trinajstić information content (AvgIpc) is 2.72. The van der Waals surface area contributed by atoms with Gasteiger partial charge in [0.1, 0.15) is 6.54 Å². The number of hydrogen-bond donors (Lipinski definition) is 1. The fourth-order valence-corrected chi connectivity index (χ4v) is 3.53. The first-order chi connectivity index (χ1) is 15.0. The van der Waals surface area contributed by atoms with Crippen molar-refractivity contribution in [3.8, 4) is 0 Å². The molecule has 0 spiro atoms. The molecule has 1 aliphatic heterocycles. The molecule has 2 atom stereocenters. The van der Waals surface area contributed by atoms with Crippen LogP contribution in [0.15, 0.2) is 47.4 Å². The molecule has 1 aromatic heterocycles. The van der Waals surface area contributed by atoms with Crippen molar-refractivity contribution in [3.05, 3.63) is 69.6 Å². The first kappa shape index (κ1) is 23.5. The molecule has 32 heavy (non-hydrogen) atoms. The van der Waals surface area contributed by atoms with Gasteiger partial charge in [-0.25, -0.2) is 0 Å². The molecule has 7 nitrogen and oxygen atoms in total. The zero-order chi connectivity index (χ0) is 23.5. The monoisotopic (exact) mass is 451 g/mol. The predicted octanol–water partition coefficient (Wildman–Crippen LogP) is 2.43. The number of ether oxygens (including phenoxy) is 1. The van der Waals surface area contributed by atoms with Gasteiger partial charge in [-0.15, -0.1) is 0 Å². The van der Waals surface area contributed by atoms with Gasteiger partial charge in [-0.1, -0.05) is 12.1 Å². The minimum Gasteiger partial charge on any atom is -0.372 e. The van der Waals surface area contributed by atoms with Crippen LogP contribution in [0.3, 0.4) is 0 Å². The molecule has 0 aliphatic carbocycles. The number of rotatable bonds is 5. The van der Waals surface area contributed by atoms with Gasteiger partial charge in [-0.2, -0.15) is 13.2 Å². The Morgan fingerprint density at radius 1 is 1.06 bits per heavy atom. The highest BCUT2D eigenvalue weighted by atomic mass is 19.4. The summed E-state index contributed by atoms with van der Waals surface area (Å²) in [5, 5.41) is 2.56. The zero-order valence-electron chi connectivity index (χ0n) is 17.7. The van der Waals surface area contributed by atoms with E-state index < -0.39 is 29.8 Å². The van der Waals surface area contributed by atoms with Crippen molar-refractivity contribution in [2.75, 3.05) is 13.1 Å². The van der Waals surface area contributed by atoms with Crippen LogP contribution in [-0.2, 0) is 28.8 Å². The maximum absolute atomic E-state index is 12.8. The van der Waals surface area contributed by atoms with Crippen LogP contribution < -0.4 is 10.9 Å². The van der Waals surface area contributed by atoms with Crippen molar-refractivity contribution >= 4 is 11.8 Å². The quantitative estimate of drug-likeness (QED) is 0.757. The highest BCUT2D eigenvalue weighted by Crippen LogP contribution is 2.28. The number of hydrogen-bond acceptors (Lipinski definition) is 4. The first-order valence-electron chi connectivity index (χ1n) is 10.1. The number of amides is 2. The number of pyridine rings is 1. The van der Waals surface area contributed by atoms with Crippen LogP contribution in [0.4, 0.5) is 13.2 Å². The molecular formula is C22H24F3N3O4. The molecule has 2 amide bonds. The van der Waals surface area contributed by atoms with Crippen LogP contribution in [0.25, 0.3) is 0 Å². The van der Waals surface area contributed by atoms with E-state index in [2.05, 4.69) is 5.32 Å². The van der Waals surface area contributed by atoms with E-state index >= 15 is 0 Å². The minimum absolute atomic E-state index is 0.0403. The number of benzene rings is 1. The van der Waals surface area contributed by atoms with Crippen LogP contribution >= 0.6 is 0 Å². The zero-order valence-corrected chi connectivity index (χ0v) is 17.7. The highest BCUT2D eigenvalue weighted by Gasteiger charge is 2.31. The summed E-state index contributed by atoms with van der Waals surface area (Å²) in [6, 6.07) is 8.16. The Labute approximate surface area is 182 Å². The van der Waals surface area contributed by atoms with E-state index in [4.69, 9.17) is 4.74 Å². The lowest BCUT2D eigenvalue weighted by atomic mass is 10.1. The smallest absolute Gasteiger partial charge is 0.372 e. The summed E-state index contributed by atoms with van der Waals surface area (Å²) in [5.74, 6) is -0.714. The minimum atomic E-state index is -4.61. The molecule has 1 N–H and O–H groups in total. The van der Waals surface area contributed by atoms with Crippen molar-refractivity contribution in [2.45, 2.75) is 45.3 Å². The number of nitrogens with zero attached hydrogens (tertiary/aromatic N) is 2. The lowest BCUT2D eigenvalue weighted by Gasteiger charge is -2.35. The molecule has 2 aromatic rings. The number of halogens is 3. The second-order valence-corrected chi connectivity index (χ2v) is 7.82. The topological polar surface area (TPSA) is 80.6 Å². The highest BCUT2D eigenvalue weighted by molar-refractivity contribution is 5.94. The lowest BCUT2D eigenvalue weighted by molar-refractivity contribution is -0.138. The number of carbonyl (C=O) groups excluding carboxylic acids is 2. The van der Waals surface area contributed by atoms with E-state index in [1.807, 2.05) is 13.8 Å². The van der Waals surface area contributed by atoms with Gasteiger partial charge < -0.3 is 19.5 Å². The number of nitrogens with one attached hydrogen (secondary N) is 1. The molecule has 0 bridgehead atoms. The average molecular weight is 451 g/mol. The molecule has 0 saturated carbocycles. The summed E-state index contributed by atoms with van der Waals surface area (Å²) in [6.45, 7) is 4.41. The van der Waals surface area contributed by atoms with Crippen LogP contribution in [0, 0.1) is 0 Å². The Morgan fingerprint density at radius 2 is 1.69 bits per heavy atom. The lowest BCUT2D eigenvalue weighted by Crippen LogP contribution is -2.48. The van der Waals surface area contributed by atoms with E-state index in [-0.39, 0.29) is 24.7 Å². The van der Waals surface area contributed by atoms with Gasteiger partial charge in [0.25, 0.3) is 11.5 Å². The van der Waals surface area contributed by atoms with Crippen molar-refractivity contribution < 1.29 is 27.5 Å². The third kappa shape index (κ3) is 5.97. The van der Waals surface area contributed by atoms with Crippen LogP contribution in [0.2, 0.25) is 0 Å². The fraction of sp³-hybridized carbons (Fsp3) is 0.409. The maximum atomic E-state index is 12.8. The van der Waals surface area contributed by atoms with Gasteiger partial charge in [-0.05, 0) is 37.6 Å². The molecule has 1 fully saturated rings. The van der Waals surface area contributed by atoms with E-state index in [1.165, 1.54) is 0 Å². The van der Waals surface area contributed by atoms with Crippen molar-refractivity contribution in [2.24, 2.45) is 0 Å². The number of carbonyl (C=O) groups is 2. The molecule has 2 heterocycles. The molecule has 172 valence electrons. The summed E-state index contributed by atoms with van der Waals surface area (Å²) in [5.41, 5.74) is -0.496. The summed E-state index contributed by atoms with van der Waals surface area (Å²) in [7, 11) is 0. The number of morpholine rings is 1. The Bertz CT molecular complexity index is 1020. The Balaban J connectivity index is 1.57.